The summed E-state index contributed by atoms with van der Waals surface area (Å²) >= 11 is 1.44. The lowest BCUT2D eigenvalue weighted by Gasteiger charge is -2.45. The molecule has 326 valence electrons. The number of anilines is 1. The fraction of sp³-hybridized carbons (Fsp3) is 0.578. The maximum Gasteiger partial charge on any atom is 0.408 e. The van der Waals surface area contributed by atoms with Crippen molar-refractivity contribution in [3.8, 4) is 22.5 Å². The Bertz CT molecular complexity index is 2340. The van der Waals surface area contributed by atoms with E-state index < -0.39 is 41.3 Å². The molecule has 2 amide bonds. The van der Waals surface area contributed by atoms with Gasteiger partial charge in [0.05, 0.1) is 59.8 Å². The molecule has 5 aliphatic rings. The number of hydrogen-bond acceptors (Lipinski definition) is 13. The molecule has 0 spiro atoms. The highest BCUT2D eigenvalue weighted by molar-refractivity contribution is 7.10. The van der Waals surface area contributed by atoms with E-state index in [-0.39, 0.29) is 24.9 Å². The Hall–Kier alpha value is -4.61. The number of aryl methyl sites for hydroxylation is 1. The first-order chi connectivity index (χ1) is 29.2. The van der Waals surface area contributed by atoms with Gasteiger partial charge in [0.2, 0.25) is 0 Å². The Kier molecular flexibility index (Phi) is 11.1. The third-order valence-corrected chi connectivity index (χ3v) is 13.8. The van der Waals surface area contributed by atoms with Gasteiger partial charge in [-0.1, -0.05) is 19.9 Å². The van der Waals surface area contributed by atoms with Gasteiger partial charge in [0, 0.05) is 91.5 Å². The third kappa shape index (κ3) is 7.90. The SMILES string of the molecule is CCn1c2c3c4cc(ccc41)-c1csc(n1)C[C@H](NC(=O)OC(C)(C)C)C(=O)N1CCC[C@H](N1)C(=O)OCC(C)(C)C3[C@H](OC)c1ncc(N3CCN4CCOC[C@@H]4C3)cc1-2. The van der Waals surface area contributed by atoms with Gasteiger partial charge in [-0.15, -0.1) is 11.3 Å². The Labute approximate surface area is 361 Å². The smallest absolute Gasteiger partial charge is 0.408 e. The number of cyclic esters (lactones) is 1. The van der Waals surface area contributed by atoms with Crippen LogP contribution >= 0.6 is 11.3 Å². The van der Waals surface area contributed by atoms with Crippen molar-refractivity contribution in [2.75, 3.05) is 64.6 Å². The van der Waals surface area contributed by atoms with E-state index >= 15 is 0 Å². The van der Waals surface area contributed by atoms with Crippen LogP contribution < -0.4 is 15.6 Å². The van der Waals surface area contributed by atoms with Gasteiger partial charge in [-0.3, -0.25) is 24.5 Å². The number of ether oxygens (including phenoxy) is 4. The lowest BCUT2D eigenvalue weighted by molar-refractivity contribution is -0.156. The van der Waals surface area contributed by atoms with Gasteiger partial charge >= 0.3 is 12.1 Å². The van der Waals surface area contributed by atoms with Crippen LogP contribution in [0.15, 0.2) is 35.8 Å². The highest BCUT2D eigenvalue weighted by Crippen LogP contribution is 2.57. The number of methoxy groups -OCH3 is 1. The first-order valence-corrected chi connectivity index (χ1v) is 22.6. The van der Waals surface area contributed by atoms with E-state index in [9.17, 15) is 14.4 Å². The van der Waals surface area contributed by atoms with Crippen molar-refractivity contribution in [1.29, 1.82) is 0 Å². The number of nitrogens with one attached hydrogen (secondary N) is 2. The molecule has 4 aromatic rings. The first-order valence-electron chi connectivity index (χ1n) is 21.7. The number of thiazole rings is 1. The molecule has 0 saturated carbocycles. The number of carbonyl (C=O) groups is 3. The van der Waals surface area contributed by atoms with Gasteiger partial charge in [0.15, 0.2) is 0 Å². The lowest BCUT2D eigenvalue weighted by Crippen LogP contribution is -2.60. The number of hydrogen-bond donors (Lipinski definition) is 2. The first kappa shape index (κ1) is 41.7. The van der Waals surface area contributed by atoms with E-state index in [0.29, 0.717) is 30.4 Å². The summed E-state index contributed by atoms with van der Waals surface area (Å²) in [5.41, 5.74) is 9.75. The van der Waals surface area contributed by atoms with Gasteiger partial charge < -0.3 is 33.7 Å². The molecule has 9 rings (SSSR count). The number of alkyl carbamates (subject to hydrolysis) is 1. The summed E-state index contributed by atoms with van der Waals surface area (Å²) in [6.45, 7) is 18.2. The number of amides is 2. The zero-order valence-corrected chi connectivity index (χ0v) is 37.1. The number of hydrazine groups is 1. The molecule has 0 radical (unpaired) electrons. The second-order valence-electron chi connectivity index (χ2n) is 18.6. The van der Waals surface area contributed by atoms with E-state index in [1.54, 1.807) is 27.9 Å². The minimum atomic E-state index is -0.993. The number of nitrogens with zero attached hydrogens (tertiary/aromatic N) is 6. The fourth-order valence-corrected chi connectivity index (χ4v) is 10.8. The van der Waals surface area contributed by atoms with E-state index in [1.165, 1.54) is 16.3 Å². The number of fused-ring (bicyclic) bond motifs is 9. The summed E-state index contributed by atoms with van der Waals surface area (Å²) in [6.07, 6.45) is 2.05. The Morgan fingerprint density at radius 3 is 2.75 bits per heavy atom. The number of benzene rings is 1. The second kappa shape index (κ2) is 16.3. The second-order valence-corrected chi connectivity index (χ2v) is 19.6. The van der Waals surface area contributed by atoms with E-state index in [0.717, 1.165) is 96.3 Å². The zero-order chi connectivity index (χ0) is 42.8. The summed E-state index contributed by atoms with van der Waals surface area (Å²) in [5, 5.41) is 8.00. The molecule has 1 aromatic carbocycles. The van der Waals surface area contributed by atoms with Crippen molar-refractivity contribution < 1.29 is 33.3 Å². The Balaban J connectivity index is 1.17. The highest BCUT2D eigenvalue weighted by atomic mass is 32.1. The number of pyridine rings is 1. The van der Waals surface area contributed by atoms with Gasteiger partial charge in [-0.25, -0.2) is 15.2 Å². The predicted octanol–water partition coefficient (Wildman–Crippen LogP) is 5.67. The summed E-state index contributed by atoms with van der Waals surface area (Å²) in [4.78, 5) is 56.6. The molecule has 7 heterocycles. The molecule has 61 heavy (non-hydrogen) atoms. The van der Waals surface area contributed by atoms with Crippen molar-refractivity contribution in [3.05, 3.63) is 52.1 Å². The molecular formula is C45H58N8O7S. The average molecular weight is 855 g/mol. The van der Waals surface area contributed by atoms with Crippen molar-refractivity contribution in [1.82, 2.24) is 35.2 Å². The van der Waals surface area contributed by atoms with Crippen LogP contribution in [-0.2, 0) is 41.5 Å². The zero-order valence-electron chi connectivity index (χ0n) is 36.3. The number of carbonyl (C=O) groups excluding carboxylic acids is 3. The normalized spacial score (nSPS) is 25.7. The van der Waals surface area contributed by atoms with Gasteiger partial charge in [-0.05, 0) is 64.3 Å². The minimum Gasteiger partial charge on any atom is -0.464 e. The molecule has 3 aromatic heterocycles. The molecule has 2 N–H and O–H groups in total. The molecule has 3 saturated heterocycles. The summed E-state index contributed by atoms with van der Waals surface area (Å²) in [5.74, 6) is -1.09. The van der Waals surface area contributed by atoms with Crippen LogP contribution in [0.2, 0.25) is 0 Å². The maximum atomic E-state index is 14.2. The van der Waals surface area contributed by atoms with Crippen LogP contribution in [0.5, 0.6) is 0 Å². The molecule has 16 heteroatoms. The number of morpholine rings is 1. The summed E-state index contributed by atoms with van der Waals surface area (Å²) in [6, 6.07) is 7.39. The standard InChI is InChI=1S/C45H58N8O7S/c1-8-52-34-12-11-26-18-29(34)36-37(40(57-7)38-30(39(36)52)19-27(21-46-38)51-15-14-50-16-17-58-23-28(50)22-51)45(5,6)25-59-42(55)31-10-9-13-53(49-31)41(54)32(20-35-47-33(26)24-61-35)48-43(56)60-44(2,3)4/h11-12,18-19,21,24,28,31-32,37,40,49H,8-10,13-17,20,22-23,25H2,1-7H3,(H,48,56)/t28-,31-,32-,37?,40-/m0/s1. The van der Waals surface area contributed by atoms with E-state index in [4.69, 9.17) is 28.9 Å². The molecular weight excluding hydrogens is 797 g/mol. The summed E-state index contributed by atoms with van der Waals surface area (Å²) in [7, 11) is 1.74. The van der Waals surface area contributed by atoms with Gasteiger partial charge in [0.1, 0.15) is 23.8 Å². The van der Waals surface area contributed by atoms with Crippen LogP contribution in [-0.4, -0.2) is 126 Å². The van der Waals surface area contributed by atoms with Gasteiger partial charge in [-0.2, -0.15) is 0 Å². The summed E-state index contributed by atoms with van der Waals surface area (Å²) < 4.78 is 26.6. The van der Waals surface area contributed by atoms with E-state index in [2.05, 4.69) is 70.1 Å². The highest BCUT2D eigenvalue weighted by Gasteiger charge is 2.48. The molecule has 4 aliphatic heterocycles. The van der Waals surface area contributed by atoms with Crippen molar-refractivity contribution >= 4 is 45.9 Å². The van der Waals surface area contributed by atoms with Crippen molar-refractivity contribution in [2.45, 2.75) is 103 Å². The van der Waals surface area contributed by atoms with Crippen LogP contribution in [0, 0.1) is 5.41 Å². The van der Waals surface area contributed by atoms with E-state index in [1.807, 2.05) is 11.6 Å². The molecule has 1 aliphatic carbocycles. The molecule has 5 atom stereocenters. The van der Waals surface area contributed by atoms with Crippen LogP contribution in [0.3, 0.4) is 0 Å². The van der Waals surface area contributed by atoms with Crippen molar-refractivity contribution in [2.24, 2.45) is 5.41 Å². The monoisotopic (exact) mass is 854 g/mol. The number of piperazine rings is 1. The minimum absolute atomic E-state index is 0.0971. The lowest BCUT2D eigenvalue weighted by atomic mass is 9.67. The Morgan fingerprint density at radius 2 is 1.97 bits per heavy atom. The largest absolute Gasteiger partial charge is 0.464 e. The fourth-order valence-electron chi connectivity index (χ4n) is 9.98. The van der Waals surface area contributed by atoms with Crippen LogP contribution in [0.25, 0.3) is 33.4 Å². The number of rotatable bonds is 4. The Morgan fingerprint density at radius 1 is 1.13 bits per heavy atom. The average Bonchev–Trinajstić information content (AvgIpc) is 3.85. The topological polar surface area (TPSA) is 153 Å². The molecule has 15 nitrogen and oxygen atoms in total. The molecule has 3 fully saturated rings. The maximum absolute atomic E-state index is 14.2. The van der Waals surface area contributed by atoms with Crippen molar-refractivity contribution in [3.63, 3.8) is 0 Å². The van der Waals surface area contributed by atoms with Gasteiger partial charge in [0.25, 0.3) is 5.91 Å². The molecule has 1 unspecified atom stereocenters. The third-order valence-electron chi connectivity index (χ3n) is 12.9. The number of aromatic nitrogens is 3. The predicted molar refractivity (Wildman–Crippen MR) is 232 cm³/mol. The number of esters is 1. The quantitative estimate of drug-likeness (QED) is 0.244. The van der Waals surface area contributed by atoms with Crippen LogP contribution in [0.1, 0.15) is 82.7 Å². The molecule has 6 bridgehead atoms. The van der Waals surface area contributed by atoms with Crippen LogP contribution in [0.4, 0.5) is 10.5 Å².